The summed E-state index contributed by atoms with van der Waals surface area (Å²) in [6, 6.07) is 3.44. The monoisotopic (exact) mass is 323 g/mol. The first-order valence-corrected chi connectivity index (χ1v) is 8.42. The van der Waals surface area contributed by atoms with Crippen LogP contribution in [0.3, 0.4) is 0 Å². The van der Waals surface area contributed by atoms with Crippen LogP contribution in [0.25, 0.3) is 0 Å². The fourth-order valence-corrected chi connectivity index (χ4v) is 3.87. The smallest absolute Gasteiger partial charge is 0.262 e. The van der Waals surface area contributed by atoms with Gasteiger partial charge in [-0.25, -0.2) is 13.4 Å². The van der Waals surface area contributed by atoms with E-state index in [-0.39, 0.29) is 17.7 Å². The zero-order valence-corrected chi connectivity index (χ0v) is 13.0. The van der Waals surface area contributed by atoms with E-state index in [9.17, 15) is 8.42 Å². The van der Waals surface area contributed by atoms with Crippen molar-refractivity contribution in [3.63, 3.8) is 0 Å². The van der Waals surface area contributed by atoms with E-state index in [0.29, 0.717) is 12.4 Å². The van der Waals surface area contributed by atoms with Crippen LogP contribution in [0.15, 0.2) is 35.9 Å². The molecular formula is C13H17N5O3S. The number of piperidine rings is 1. The summed E-state index contributed by atoms with van der Waals surface area (Å²) in [6.45, 7) is 0.759. The highest BCUT2D eigenvalue weighted by atomic mass is 32.2. The number of rotatable bonds is 4. The Morgan fingerprint density at radius 2 is 2.27 bits per heavy atom. The maximum Gasteiger partial charge on any atom is 0.262 e. The quantitative estimate of drug-likeness (QED) is 0.811. The van der Waals surface area contributed by atoms with Crippen molar-refractivity contribution in [1.82, 2.24) is 24.1 Å². The molecule has 0 aliphatic carbocycles. The molecule has 22 heavy (non-hydrogen) atoms. The Morgan fingerprint density at radius 3 is 2.95 bits per heavy atom. The third-order valence-corrected chi connectivity index (χ3v) is 5.21. The van der Waals surface area contributed by atoms with Crippen LogP contribution < -0.4 is 4.74 Å². The molecule has 1 aliphatic heterocycles. The fraction of sp³-hybridized carbons (Fsp3) is 0.462. The summed E-state index contributed by atoms with van der Waals surface area (Å²) in [7, 11) is -1.84. The standard InChI is InChI=1S/C13H17N5O3S/c1-17-9-13(14-10-17)22(19,20)18-7-3-4-11(8-18)21-12-5-2-6-15-16-12/h2,5-6,9-11H,3-4,7-8H2,1H3/t11-/m0/s1. The van der Waals surface area contributed by atoms with E-state index >= 15 is 0 Å². The minimum absolute atomic E-state index is 0.0650. The van der Waals surface area contributed by atoms with Crippen molar-refractivity contribution in [2.75, 3.05) is 13.1 Å². The molecule has 2 aromatic rings. The van der Waals surface area contributed by atoms with E-state index in [1.54, 1.807) is 29.9 Å². The highest BCUT2D eigenvalue weighted by molar-refractivity contribution is 7.89. The van der Waals surface area contributed by atoms with E-state index < -0.39 is 10.0 Å². The molecular weight excluding hydrogens is 306 g/mol. The molecule has 1 fully saturated rings. The van der Waals surface area contributed by atoms with Crippen molar-refractivity contribution in [3.8, 4) is 5.88 Å². The number of ether oxygens (including phenoxy) is 1. The maximum atomic E-state index is 12.6. The minimum Gasteiger partial charge on any atom is -0.472 e. The molecule has 1 saturated heterocycles. The highest BCUT2D eigenvalue weighted by Gasteiger charge is 2.32. The highest BCUT2D eigenvalue weighted by Crippen LogP contribution is 2.21. The third kappa shape index (κ3) is 3.09. The average molecular weight is 323 g/mol. The van der Waals surface area contributed by atoms with Gasteiger partial charge in [-0.05, 0) is 18.9 Å². The lowest BCUT2D eigenvalue weighted by molar-refractivity contribution is 0.123. The third-order valence-electron chi connectivity index (χ3n) is 3.46. The molecule has 0 radical (unpaired) electrons. The van der Waals surface area contributed by atoms with Crippen LogP contribution in [0.4, 0.5) is 0 Å². The van der Waals surface area contributed by atoms with Gasteiger partial charge in [0.2, 0.25) is 5.88 Å². The summed E-state index contributed by atoms with van der Waals surface area (Å²) in [6.07, 6.45) is 5.82. The Morgan fingerprint density at radius 1 is 1.41 bits per heavy atom. The first-order chi connectivity index (χ1) is 10.6. The van der Waals surface area contributed by atoms with Crippen molar-refractivity contribution in [3.05, 3.63) is 30.9 Å². The maximum absolute atomic E-state index is 12.6. The molecule has 3 rings (SSSR count). The van der Waals surface area contributed by atoms with Gasteiger partial charge >= 0.3 is 0 Å². The molecule has 0 aromatic carbocycles. The molecule has 0 unspecified atom stereocenters. The van der Waals surface area contributed by atoms with Gasteiger partial charge in [0.25, 0.3) is 10.0 Å². The number of imidazole rings is 1. The van der Waals surface area contributed by atoms with Crippen LogP contribution >= 0.6 is 0 Å². The number of hydrogen-bond acceptors (Lipinski definition) is 6. The van der Waals surface area contributed by atoms with Crippen molar-refractivity contribution in [1.29, 1.82) is 0 Å². The van der Waals surface area contributed by atoms with Gasteiger partial charge in [0, 0.05) is 32.1 Å². The Balaban J connectivity index is 1.73. The largest absolute Gasteiger partial charge is 0.472 e. The number of aryl methyl sites for hydroxylation is 1. The predicted molar refractivity (Wildman–Crippen MR) is 77.6 cm³/mol. The van der Waals surface area contributed by atoms with Gasteiger partial charge < -0.3 is 9.30 Å². The summed E-state index contributed by atoms with van der Waals surface area (Å²) < 4.78 is 33.9. The molecule has 118 valence electrons. The minimum atomic E-state index is -3.58. The summed E-state index contributed by atoms with van der Waals surface area (Å²) in [5, 5.41) is 7.68. The second kappa shape index (κ2) is 6.01. The molecule has 2 aromatic heterocycles. The van der Waals surface area contributed by atoms with Crippen LogP contribution in [0.2, 0.25) is 0 Å². The van der Waals surface area contributed by atoms with Gasteiger partial charge in [-0.3, -0.25) is 0 Å². The molecule has 0 spiro atoms. The van der Waals surface area contributed by atoms with Gasteiger partial charge in [-0.2, -0.15) is 9.40 Å². The predicted octanol–water partition coefficient (Wildman–Crippen LogP) is 0.442. The van der Waals surface area contributed by atoms with Crippen LogP contribution in [0.5, 0.6) is 5.88 Å². The molecule has 1 atom stereocenters. The van der Waals surface area contributed by atoms with Crippen molar-refractivity contribution in [2.24, 2.45) is 7.05 Å². The van der Waals surface area contributed by atoms with E-state index in [4.69, 9.17) is 4.74 Å². The second-order valence-electron chi connectivity index (χ2n) is 5.18. The average Bonchev–Trinajstić information content (AvgIpc) is 2.96. The zero-order chi connectivity index (χ0) is 15.6. The first kappa shape index (κ1) is 14.9. The van der Waals surface area contributed by atoms with Gasteiger partial charge in [0.1, 0.15) is 6.10 Å². The van der Waals surface area contributed by atoms with Gasteiger partial charge in [-0.1, -0.05) is 0 Å². The SMILES string of the molecule is Cn1cnc(S(=O)(=O)N2CCC[C@H](Oc3cccnn3)C2)c1. The number of sulfonamides is 1. The topological polar surface area (TPSA) is 90.2 Å². The van der Waals surface area contributed by atoms with E-state index in [1.165, 1.54) is 16.8 Å². The molecule has 1 aliphatic rings. The lowest BCUT2D eigenvalue weighted by atomic mass is 10.1. The molecule has 0 N–H and O–H groups in total. The molecule has 9 heteroatoms. The Bertz CT molecular complexity index is 731. The Labute approximate surface area is 128 Å². The Kier molecular flexibility index (Phi) is 4.08. The lowest BCUT2D eigenvalue weighted by Crippen LogP contribution is -2.44. The summed E-state index contributed by atoms with van der Waals surface area (Å²) in [4.78, 5) is 3.94. The molecule has 0 bridgehead atoms. The van der Waals surface area contributed by atoms with Crippen LogP contribution in [0, 0.1) is 0 Å². The number of nitrogens with zero attached hydrogens (tertiary/aromatic N) is 5. The number of hydrogen-bond donors (Lipinski definition) is 0. The van der Waals surface area contributed by atoms with Crippen LogP contribution in [0.1, 0.15) is 12.8 Å². The summed E-state index contributed by atoms with van der Waals surface area (Å²) in [5.74, 6) is 0.407. The zero-order valence-electron chi connectivity index (χ0n) is 12.2. The van der Waals surface area contributed by atoms with Gasteiger partial charge in [0.15, 0.2) is 5.03 Å². The molecule has 8 nitrogen and oxygen atoms in total. The fourth-order valence-electron chi connectivity index (χ4n) is 2.39. The van der Waals surface area contributed by atoms with Gasteiger partial charge in [0.05, 0.1) is 12.9 Å². The van der Waals surface area contributed by atoms with E-state index in [2.05, 4.69) is 15.2 Å². The van der Waals surface area contributed by atoms with E-state index in [1.807, 2.05) is 0 Å². The molecule has 0 amide bonds. The lowest BCUT2D eigenvalue weighted by Gasteiger charge is -2.31. The molecule has 3 heterocycles. The first-order valence-electron chi connectivity index (χ1n) is 6.98. The summed E-state index contributed by atoms with van der Waals surface area (Å²) >= 11 is 0. The summed E-state index contributed by atoms with van der Waals surface area (Å²) in [5.41, 5.74) is 0. The van der Waals surface area contributed by atoms with Crippen molar-refractivity contribution < 1.29 is 13.2 Å². The second-order valence-corrected chi connectivity index (χ2v) is 7.07. The molecule has 0 saturated carbocycles. The Hall–Kier alpha value is -2.00. The normalized spacial score (nSPS) is 20.0. The van der Waals surface area contributed by atoms with Gasteiger partial charge in [-0.15, -0.1) is 5.10 Å². The number of aromatic nitrogens is 4. The van der Waals surface area contributed by atoms with Crippen LogP contribution in [-0.4, -0.2) is 51.7 Å². The van der Waals surface area contributed by atoms with Crippen molar-refractivity contribution >= 4 is 10.0 Å². The van der Waals surface area contributed by atoms with Crippen molar-refractivity contribution in [2.45, 2.75) is 24.0 Å². The van der Waals surface area contributed by atoms with E-state index in [0.717, 1.165) is 12.8 Å². The van der Waals surface area contributed by atoms with Crippen LogP contribution in [-0.2, 0) is 17.1 Å².